The smallest absolute Gasteiger partial charge is 0.306 e. The fourth-order valence-corrected chi connectivity index (χ4v) is 3.72. The average Bonchev–Trinajstić information content (AvgIpc) is 3.49. The topological polar surface area (TPSA) is 94.1 Å². The van der Waals surface area contributed by atoms with E-state index in [2.05, 4.69) is 14.5 Å². The Balaban J connectivity index is 1.34. The van der Waals surface area contributed by atoms with Crippen molar-refractivity contribution in [3.63, 3.8) is 0 Å². The van der Waals surface area contributed by atoms with E-state index < -0.39 is 5.97 Å². The number of nitrogens with one attached hydrogen (secondary N) is 1. The van der Waals surface area contributed by atoms with Crippen LogP contribution in [-0.2, 0) is 16.0 Å². The highest BCUT2D eigenvalue weighted by Crippen LogP contribution is 2.38. The number of hydrogen-bond donors (Lipinski definition) is 1. The Hall–Kier alpha value is -3.22. The number of para-hydroxylation sites is 1. The van der Waals surface area contributed by atoms with E-state index in [1.165, 1.54) is 0 Å². The maximum Gasteiger partial charge on any atom is 0.306 e. The van der Waals surface area contributed by atoms with Gasteiger partial charge in [0, 0.05) is 29.4 Å². The number of fused-ring (bicyclic) bond motifs is 1. The van der Waals surface area contributed by atoms with Crippen LogP contribution in [0.15, 0.2) is 35.1 Å². The van der Waals surface area contributed by atoms with Crippen LogP contribution in [0.25, 0.3) is 10.9 Å². The Morgan fingerprint density at radius 1 is 1.24 bits per heavy atom. The van der Waals surface area contributed by atoms with Crippen molar-refractivity contribution in [2.45, 2.75) is 45.6 Å². The number of rotatable bonds is 7. The summed E-state index contributed by atoms with van der Waals surface area (Å²) >= 11 is 0. The van der Waals surface area contributed by atoms with E-state index in [4.69, 9.17) is 4.74 Å². The molecule has 0 aliphatic heterocycles. The highest BCUT2D eigenvalue weighted by molar-refractivity contribution is 5.99. The van der Waals surface area contributed by atoms with E-state index in [9.17, 15) is 14.4 Å². The molecule has 0 bridgehead atoms. The minimum absolute atomic E-state index is 0.0374. The van der Waals surface area contributed by atoms with Gasteiger partial charge in [0.1, 0.15) is 5.82 Å². The third-order valence-corrected chi connectivity index (χ3v) is 5.29. The summed E-state index contributed by atoms with van der Waals surface area (Å²) in [6, 6.07) is 9.39. The van der Waals surface area contributed by atoms with Gasteiger partial charge in [-0.2, -0.15) is 0 Å². The molecule has 29 heavy (non-hydrogen) atoms. The van der Waals surface area contributed by atoms with Crippen LogP contribution in [-0.4, -0.2) is 32.9 Å². The molecule has 150 valence electrons. The van der Waals surface area contributed by atoms with E-state index in [0.717, 1.165) is 24.2 Å². The van der Waals surface area contributed by atoms with Crippen molar-refractivity contribution < 1.29 is 14.3 Å². The van der Waals surface area contributed by atoms with E-state index >= 15 is 0 Å². The van der Waals surface area contributed by atoms with Gasteiger partial charge >= 0.3 is 5.97 Å². The normalized spacial score (nSPS) is 13.6. The molecule has 0 unspecified atom stereocenters. The molecule has 0 saturated heterocycles. The molecule has 1 N–H and O–H groups in total. The quantitative estimate of drug-likeness (QED) is 0.492. The average molecular weight is 393 g/mol. The Bertz CT molecular complexity index is 1150. The maximum absolute atomic E-state index is 12.5. The van der Waals surface area contributed by atoms with Crippen LogP contribution >= 0.6 is 0 Å². The molecule has 0 spiro atoms. The summed E-state index contributed by atoms with van der Waals surface area (Å²) < 4.78 is 7.35. The van der Waals surface area contributed by atoms with Crippen LogP contribution < -0.4 is 5.56 Å². The summed E-state index contributed by atoms with van der Waals surface area (Å²) in [6.45, 7) is 3.64. The number of nitrogens with zero attached hydrogens (tertiary/aromatic N) is 2. The molecular formula is C22H23N3O4. The lowest BCUT2D eigenvalue weighted by atomic mass is 10.1. The predicted octanol–water partition coefficient (Wildman–Crippen LogP) is 3.04. The fraction of sp³-hybridized carbons (Fsp3) is 0.364. The Morgan fingerprint density at radius 2 is 2.00 bits per heavy atom. The number of carbonyl (C=O) groups excluding carboxylic acids is 2. The van der Waals surface area contributed by atoms with E-state index in [0.29, 0.717) is 28.3 Å². The number of benzene rings is 1. The molecule has 2 aromatic heterocycles. The lowest BCUT2D eigenvalue weighted by Gasteiger charge is -2.08. The zero-order valence-corrected chi connectivity index (χ0v) is 16.5. The number of esters is 1. The molecule has 4 rings (SSSR count). The number of ether oxygens (including phenoxy) is 1. The van der Waals surface area contributed by atoms with Crippen LogP contribution in [0.1, 0.15) is 52.9 Å². The molecule has 1 aliphatic carbocycles. The van der Waals surface area contributed by atoms with Gasteiger partial charge < -0.3 is 14.3 Å². The molecule has 3 aromatic rings. The van der Waals surface area contributed by atoms with Gasteiger partial charge in [0.25, 0.3) is 5.56 Å². The van der Waals surface area contributed by atoms with Crippen molar-refractivity contribution in [3.8, 4) is 0 Å². The van der Waals surface area contributed by atoms with Gasteiger partial charge in [-0.1, -0.05) is 12.1 Å². The number of carbonyl (C=O) groups is 2. The van der Waals surface area contributed by atoms with Crippen molar-refractivity contribution in [1.29, 1.82) is 0 Å². The van der Waals surface area contributed by atoms with Gasteiger partial charge in [0.15, 0.2) is 6.61 Å². The molecule has 7 heteroatoms. The standard InChI is InChI=1S/C22H23N3O4/c1-13-11-17(14(2)25(13)15-7-8-15)19(26)12-29-21(27)10-9-20-23-18-6-4-3-5-16(18)22(28)24-20/h3-6,11,15H,7-10,12H2,1-2H3,(H,23,24,28). The Kier molecular flexibility index (Phi) is 5.05. The van der Waals surface area contributed by atoms with Crippen LogP contribution in [0.2, 0.25) is 0 Å². The van der Waals surface area contributed by atoms with Gasteiger partial charge in [0.05, 0.1) is 17.3 Å². The Morgan fingerprint density at radius 3 is 2.76 bits per heavy atom. The van der Waals surface area contributed by atoms with E-state index in [1.807, 2.05) is 19.9 Å². The summed E-state index contributed by atoms with van der Waals surface area (Å²) in [5.74, 6) is -0.272. The SMILES string of the molecule is Cc1cc(C(=O)COC(=O)CCc2nc3ccccc3c(=O)[nH]2)c(C)n1C1CC1. The molecule has 0 amide bonds. The van der Waals surface area contributed by atoms with Crippen LogP contribution in [0.3, 0.4) is 0 Å². The Labute approximate surface area is 167 Å². The summed E-state index contributed by atoms with van der Waals surface area (Å²) in [5, 5.41) is 0.508. The van der Waals surface area contributed by atoms with Crippen LogP contribution in [0.4, 0.5) is 0 Å². The number of ketones is 1. The van der Waals surface area contributed by atoms with Crippen molar-refractivity contribution in [1.82, 2.24) is 14.5 Å². The predicted molar refractivity (Wildman–Crippen MR) is 108 cm³/mol. The number of Topliss-reactive ketones (excluding diaryl/α,β-unsaturated/α-hetero) is 1. The summed E-state index contributed by atoms with van der Waals surface area (Å²) in [7, 11) is 0. The zero-order chi connectivity index (χ0) is 20.5. The summed E-state index contributed by atoms with van der Waals surface area (Å²) in [4.78, 5) is 43.7. The zero-order valence-electron chi connectivity index (χ0n) is 16.5. The second kappa shape index (κ2) is 7.66. The molecule has 1 fully saturated rings. The minimum Gasteiger partial charge on any atom is -0.457 e. The first-order valence-corrected chi connectivity index (χ1v) is 9.79. The van der Waals surface area contributed by atoms with E-state index in [1.54, 1.807) is 24.3 Å². The van der Waals surface area contributed by atoms with Crippen molar-refractivity contribution >= 4 is 22.7 Å². The van der Waals surface area contributed by atoms with Gasteiger partial charge in [-0.3, -0.25) is 14.4 Å². The van der Waals surface area contributed by atoms with Crippen molar-refractivity contribution in [2.24, 2.45) is 0 Å². The van der Waals surface area contributed by atoms with Crippen molar-refractivity contribution in [2.75, 3.05) is 6.61 Å². The molecule has 1 aliphatic rings. The second-order valence-electron chi connectivity index (χ2n) is 7.50. The molecule has 7 nitrogen and oxygen atoms in total. The molecular weight excluding hydrogens is 370 g/mol. The highest BCUT2D eigenvalue weighted by Gasteiger charge is 2.28. The number of hydrogen-bond acceptors (Lipinski definition) is 5. The molecule has 0 radical (unpaired) electrons. The first kappa shape index (κ1) is 19.1. The molecule has 2 heterocycles. The first-order chi connectivity index (χ1) is 13.9. The van der Waals surface area contributed by atoms with E-state index in [-0.39, 0.29) is 30.8 Å². The van der Waals surface area contributed by atoms with Crippen LogP contribution in [0, 0.1) is 13.8 Å². The third kappa shape index (κ3) is 3.99. The van der Waals surface area contributed by atoms with Gasteiger partial charge in [-0.15, -0.1) is 0 Å². The number of H-pyrrole nitrogens is 1. The van der Waals surface area contributed by atoms with Gasteiger partial charge in [-0.05, 0) is 44.9 Å². The largest absolute Gasteiger partial charge is 0.457 e. The molecule has 1 aromatic carbocycles. The summed E-state index contributed by atoms with van der Waals surface area (Å²) in [5.41, 5.74) is 2.96. The fourth-order valence-electron chi connectivity index (χ4n) is 3.72. The van der Waals surface area contributed by atoms with Crippen molar-refractivity contribution in [3.05, 3.63) is 63.5 Å². The van der Waals surface area contributed by atoms with Gasteiger partial charge in [-0.25, -0.2) is 4.98 Å². The molecule has 1 saturated carbocycles. The third-order valence-electron chi connectivity index (χ3n) is 5.29. The van der Waals surface area contributed by atoms with Crippen LogP contribution in [0.5, 0.6) is 0 Å². The lowest BCUT2D eigenvalue weighted by Crippen LogP contribution is -2.17. The monoisotopic (exact) mass is 393 g/mol. The number of aromatic amines is 1. The number of aromatic nitrogens is 3. The maximum atomic E-state index is 12.5. The lowest BCUT2D eigenvalue weighted by molar-refractivity contribution is -0.142. The summed E-state index contributed by atoms with van der Waals surface area (Å²) in [6.07, 6.45) is 2.56. The minimum atomic E-state index is -0.495. The highest BCUT2D eigenvalue weighted by atomic mass is 16.5. The molecule has 0 atom stereocenters. The van der Waals surface area contributed by atoms with Gasteiger partial charge in [0.2, 0.25) is 5.78 Å². The second-order valence-corrected chi connectivity index (χ2v) is 7.50. The number of aryl methyl sites for hydroxylation is 2. The first-order valence-electron chi connectivity index (χ1n) is 9.79.